The predicted octanol–water partition coefficient (Wildman–Crippen LogP) is 2.30. The van der Waals surface area contributed by atoms with Crippen LogP contribution in [0.4, 0.5) is 0 Å². The lowest BCUT2D eigenvalue weighted by molar-refractivity contribution is -0.0249. The van der Waals surface area contributed by atoms with Gasteiger partial charge < -0.3 is 19.5 Å². The lowest BCUT2D eigenvalue weighted by Gasteiger charge is -2.24. The standard InChI is InChI=1S/C17H33NO3/c1-14(2)15-5-3-8-18(9-7-15)11-16(19)12-20-13-17-6-4-10-21-17/h14-17,19H,3-13H2,1-2H3. The van der Waals surface area contributed by atoms with Crippen LogP contribution >= 0.6 is 0 Å². The van der Waals surface area contributed by atoms with E-state index < -0.39 is 0 Å². The Morgan fingerprint density at radius 2 is 2.05 bits per heavy atom. The lowest BCUT2D eigenvalue weighted by Crippen LogP contribution is -2.36. The summed E-state index contributed by atoms with van der Waals surface area (Å²) in [6.45, 7) is 9.56. The molecule has 3 atom stereocenters. The molecule has 2 aliphatic heterocycles. The van der Waals surface area contributed by atoms with Gasteiger partial charge in [-0.05, 0) is 57.0 Å². The highest BCUT2D eigenvalue weighted by molar-refractivity contribution is 4.74. The van der Waals surface area contributed by atoms with Crippen LogP contribution in [0.5, 0.6) is 0 Å². The van der Waals surface area contributed by atoms with Crippen molar-refractivity contribution in [2.24, 2.45) is 11.8 Å². The Labute approximate surface area is 129 Å². The Kier molecular flexibility index (Phi) is 7.44. The van der Waals surface area contributed by atoms with Crippen molar-refractivity contribution in [2.45, 2.75) is 58.2 Å². The molecule has 4 heteroatoms. The Bertz CT molecular complexity index is 279. The van der Waals surface area contributed by atoms with Gasteiger partial charge in [-0.25, -0.2) is 0 Å². The number of rotatable bonds is 7. The van der Waals surface area contributed by atoms with Gasteiger partial charge in [0.2, 0.25) is 0 Å². The second kappa shape index (κ2) is 9.09. The van der Waals surface area contributed by atoms with Crippen molar-refractivity contribution in [3.05, 3.63) is 0 Å². The summed E-state index contributed by atoms with van der Waals surface area (Å²) in [6, 6.07) is 0. The van der Waals surface area contributed by atoms with Crippen LogP contribution in [0, 0.1) is 11.8 Å². The molecule has 2 aliphatic rings. The maximum absolute atomic E-state index is 10.1. The average molecular weight is 299 g/mol. The molecule has 21 heavy (non-hydrogen) atoms. The zero-order valence-electron chi connectivity index (χ0n) is 13.8. The lowest BCUT2D eigenvalue weighted by atomic mass is 9.89. The molecule has 2 fully saturated rings. The molecule has 0 bridgehead atoms. The van der Waals surface area contributed by atoms with Crippen molar-refractivity contribution in [2.75, 3.05) is 39.5 Å². The van der Waals surface area contributed by atoms with E-state index in [1.165, 1.54) is 19.3 Å². The second-order valence-electron chi connectivity index (χ2n) is 7.06. The summed E-state index contributed by atoms with van der Waals surface area (Å²) in [6.07, 6.45) is 5.97. The smallest absolute Gasteiger partial charge is 0.0900 e. The third kappa shape index (κ3) is 6.23. The van der Waals surface area contributed by atoms with Crippen molar-refractivity contribution in [1.29, 1.82) is 0 Å². The first-order valence-electron chi connectivity index (χ1n) is 8.75. The van der Waals surface area contributed by atoms with E-state index >= 15 is 0 Å². The third-order valence-electron chi connectivity index (χ3n) is 4.92. The molecule has 0 amide bonds. The largest absolute Gasteiger partial charge is 0.389 e. The van der Waals surface area contributed by atoms with E-state index in [2.05, 4.69) is 18.7 Å². The highest BCUT2D eigenvalue weighted by Gasteiger charge is 2.21. The molecule has 0 aromatic carbocycles. The third-order valence-corrected chi connectivity index (χ3v) is 4.92. The average Bonchev–Trinajstić information content (AvgIpc) is 2.84. The van der Waals surface area contributed by atoms with Crippen LogP contribution < -0.4 is 0 Å². The summed E-state index contributed by atoms with van der Waals surface area (Å²) >= 11 is 0. The number of aliphatic hydroxyl groups is 1. The molecule has 2 rings (SSSR count). The maximum Gasteiger partial charge on any atom is 0.0900 e. The molecule has 0 spiro atoms. The molecule has 3 unspecified atom stereocenters. The van der Waals surface area contributed by atoms with E-state index in [1.54, 1.807) is 0 Å². The van der Waals surface area contributed by atoms with Crippen LogP contribution in [0.1, 0.15) is 46.0 Å². The number of likely N-dealkylation sites (tertiary alicyclic amines) is 1. The van der Waals surface area contributed by atoms with Crippen molar-refractivity contribution in [3.8, 4) is 0 Å². The maximum atomic E-state index is 10.1. The predicted molar refractivity (Wildman–Crippen MR) is 84.4 cm³/mol. The van der Waals surface area contributed by atoms with Crippen LogP contribution in [0.25, 0.3) is 0 Å². The number of hydrogen-bond acceptors (Lipinski definition) is 4. The molecule has 4 nitrogen and oxygen atoms in total. The Morgan fingerprint density at radius 1 is 1.19 bits per heavy atom. The molecule has 0 aromatic heterocycles. The van der Waals surface area contributed by atoms with Crippen molar-refractivity contribution in [3.63, 3.8) is 0 Å². The van der Waals surface area contributed by atoms with Gasteiger partial charge >= 0.3 is 0 Å². The highest BCUT2D eigenvalue weighted by Crippen LogP contribution is 2.24. The summed E-state index contributed by atoms with van der Waals surface area (Å²) < 4.78 is 11.1. The molecule has 1 N–H and O–H groups in total. The summed E-state index contributed by atoms with van der Waals surface area (Å²) in [5.74, 6) is 1.63. The first-order valence-corrected chi connectivity index (χ1v) is 8.75. The first kappa shape index (κ1) is 17.2. The van der Waals surface area contributed by atoms with E-state index in [9.17, 15) is 5.11 Å². The van der Waals surface area contributed by atoms with Crippen molar-refractivity contribution in [1.82, 2.24) is 4.90 Å². The zero-order valence-corrected chi connectivity index (χ0v) is 13.8. The first-order chi connectivity index (χ1) is 10.1. The van der Waals surface area contributed by atoms with Gasteiger partial charge in [-0.3, -0.25) is 0 Å². The molecular weight excluding hydrogens is 266 g/mol. The van der Waals surface area contributed by atoms with E-state index in [0.717, 1.165) is 50.9 Å². The minimum absolute atomic E-state index is 0.252. The molecule has 0 aliphatic carbocycles. The van der Waals surface area contributed by atoms with Gasteiger partial charge in [0.15, 0.2) is 0 Å². The second-order valence-corrected chi connectivity index (χ2v) is 7.06. The molecule has 0 saturated carbocycles. The summed E-state index contributed by atoms with van der Waals surface area (Å²) in [5.41, 5.74) is 0. The molecule has 124 valence electrons. The van der Waals surface area contributed by atoms with Crippen LogP contribution in [-0.2, 0) is 9.47 Å². The molecule has 0 radical (unpaired) electrons. The molecule has 2 heterocycles. The number of nitrogens with zero attached hydrogens (tertiary/aromatic N) is 1. The van der Waals surface area contributed by atoms with E-state index in [0.29, 0.717) is 13.2 Å². The fraction of sp³-hybridized carbons (Fsp3) is 1.00. The Hall–Kier alpha value is -0.160. The fourth-order valence-corrected chi connectivity index (χ4v) is 3.49. The van der Waals surface area contributed by atoms with E-state index in [1.807, 2.05) is 0 Å². The van der Waals surface area contributed by atoms with E-state index in [-0.39, 0.29) is 12.2 Å². The number of ether oxygens (including phenoxy) is 2. The number of β-amino-alcohol motifs (C(OH)–C–C–N with tert-alkyl or cyclic N) is 1. The van der Waals surface area contributed by atoms with Gasteiger partial charge in [0.1, 0.15) is 0 Å². The van der Waals surface area contributed by atoms with Gasteiger partial charge in [0.25, 0.3) is 0 Å². The van der Waals surface area contributed by atoms with Gasteiger partial charge in [-0.2, -0.15) is 0 Å². The Morgan fingerprint density at radius 3 is 2.76 bits per heavy atom. The van der Waals surface area contributed by atoms with Crippen LogP contribution in [0.15, 0.2) is 0 Å². The van der Waals surface area contributed by atoms with Crippen LogP contribution in [-0.4, -0.2) is 61.7 Å². The molecule has 0 aromatic rings. The summed E-state index contributed by atoms with van der Waals surface area (Å²) in [4.78, 5) is 2.41. The minimum Gasteiger partial charge on any atom is -0.389 e. The number of aliphatic hydroxyl groups excluding tert-OH is 1. The monoisotopic (exact) mass is 299 g/mol. The van der Waals surface area contributed by atoms with Gasteiger partial charge in [-0.15, -0.1) is 0 Å². The van der Waals surface area contributed by atoms with Crippen molar-refractivity contribution >= 4 is 0 Å². The number of hydrogen-bond donors (Lipinski definition) is 1. The fourth-order valence-electron chi connectivity index (χ4n) is 3.49. The summed E-state index contributed by atoms with van der Waals surface area (Å²) in [7, 11) is 0. The highest BCUT2D eigenvalue weighted by atomic mass is 16.5. The van der Waals surface area contributed by atoms with Crippen LogP contribution in [0.3, 0.4) is 0 Å². The zero-order chi connectivity index (χ0) is 15.1. The quantitative estimate of drug-likeness (QED) is 0.783. The SMILES string of the molecule is CC(C)C1CCCN(CC(O)COCC2CCCO2)CC1. The van der Waals surface area contributed by atoms with Gasteiger partial charge in [0.05, 0.1) is 25.4 Å². The van der Waals surface area contributed by atoms with Gasteiger partial charge in [0, 0.05) is 13.2 Å². The van der Waals surface area contributed by atoms with Crippen LogP contribution in [0.2, 0.25) is 0 Å². The van der Waals surface area contributed by atoms with Crippen molar-refractivity contribution < 1.29 is 14.6 Å². The topological polar surface area (TPSA) is 41.9 Å². The normalized spacial score (nSPS) is 29.7. The molecule has 2 saturated heterocycles. The molecular formula is C17H33NO3. The summed E-state index contributed by atoms with van der Waals surface area (Å²) in [5, 5.41) is 10.1. The van der Waals surface area contributed by atoms with Gasteiger partial charge in [-0.1, -0.05) is 13.8 Å². The minimum atomic E-state index is -0.373. The Balaban J connectivity index is 1.59. The van der Waals surface area contributed by atoms with E-state index in [4.69, 9.17) is 9.47 Å².